The lowest BCUT2D eigenvalue weighted by Crippen LogP contribution is -1.83. The van der Waals surface area contributed by atoms with Crippen LogP contribution in [0.15, 0.2) is 24.3 Å². The molecule has 0 radical (unpaired) electrons. The molecule has 0 N–H and O–H groups in total. The van der Waals surface area contributed by atoms with E-state index < -0.39 is 0 Å². The lowest BCUT2D eigenvalue weighted by Gasteiger charge is -2.01. The second-order valence-corrected chi connectivity index (χ2v) is 4.84. The Morgan fingerprint density at radius 2 is 1.93 bits per heavy atom. The van der Waals surface area contributed by atoms with Crippen LogP contribution >= 0.6 is 23.4 Å². The van der Waals surface area contributed by atoms with Gasteiger partial charge in [-0.3, -0.25) is 0 Å². The lowest BCUT2D eigenvalue weighted by atomic mass is 10.2. The summed E-state index contributed by atoms with van der Waals surface area (Å²) in [5.41, 5.74) is 1.31. The van der Waals surface area contributed by atoms with Crippen molar-refractivity contribution in [3.8, 4) is 6.07 Å². The van der Waals surface area contributed by atoms with E-state index in [9.17, 15) is 0 Å². The van der Waals surface area contributed by atoms with Crippen molar-refractivity contribution in [1.29, 1.82) is 5.26 Å². The van der Waals surface area contributed by atoms with Gasteiger partial charge in [-0.2, -0.15) is 17.0 Å². The first-order valence-electron chi connectivity index (χ1n) is 5.02. The van der Waals surface area contributed by atoms with Crippen LogP contribution in [0.25, 0.3) is 0 Å². The molecular weight excluding hydrogens is 226 g/mol. The summed E-state index contributed by atoms with van der Waals surface area (Å²) in [6.07, 6.45) is 2.83. The van der Waals surface area contributed by atoms with Gasteiger partial charge in [-0.25, -0.2) is 0 Å². The SMILES string of the molecule is N#CCCCCSCc1ccc(Cl)cc1. The number of nitriles is 1. The largest absolute Gasteiger partial charge is 0.198 e. The first-order valence-corrected chi connectivity index (χ1v) is 6.55. The Morgan fingerprint density at radius 3 is 2.60 bits per heavy atom. The smallest absolute Gasteiger partial charge is 0.0621 e. The van der Waals surface area contributed by atoms with Crippen molar-refractivity contribution in [2.45, 2.75) is 25.0 Å². The van der Waals surface area contributed by atoms with Gasteiger partial charge in [-0.15, -0.1) is 0 Å². The van der Waals surface area contributed by atoms with Crippen molar-refractivity contribution in [2.75, 3.05) is 5.75 Å². The maximum absolute atomic E-state index is 8.36. The molecule has 1 nitrogen and oxygen atoms in total. The van der Waals surface area contributed by atoms with Gasteiger partial charge in [-0.1, -0.05) is 23.7 Å². The maximum atomic E-state index is 8.36. The molecule has 0 heterocycles. The van der Waals surface area contributed by atoms with Gasteiger partial charge in [-0.05, 0) is 36.3 Å². The van der Waals surface area contributed by atoms with Gasteiger partial charge >= 0.3 is 0 Å². The molecule has 0 spiro atoms. The fraction of sp³-hybridized carbons (Fsp3) is 0.417. The zero-order chi connectivity index (χ0) is 10.9. The van der Waals surface area contributed by atoms with Crippen LogP contribution in [0.4, 0.5) is 0 Å². The predicted molar refractivity (Wildman–Crippen MR) is 67.1 cm³/mol. The van der Waals surface area contributed by atoms with E-state index in [1.807, 2.05) is 23.9 Å². The summed E-state index contributed by atoms with van der Waals surface area (Å²) in [6.45, 7) is 0. The van der Waals surface area contributed by atoms with Gasteiger partial charge in [0.05, 0.1) is 6.07 Å². The zero-order valence-corrected chi connectivity index (χ0v) is 10.2. The van der Waals surface area contributed by atoms with Gasteiger partial charge in [0.1, 0.15) is 0 Å². The Labute approximate surface area is 100 Å². The third kappa shape index (κ3) is 5.71. The molecule has 0 aliphatic rings. The molecule has 0 amide bonds. The van der Waals surface area contributed by atoms with Crippen LogP contribution in [-0.2, 0) is 5.75 Å². The molecular formula is C12H14ClNS. The molecule has 0 aliphatic carbocycles. The lowest BCUT2D eigenvalue weighted by molar-refractivity contribution is 0.830. The Hall–Kier alpha value is -0.650. The number of hydrogen-bond acceptors (Lipinski definition) is 2. The van der Waals surface area contributed by atoms with E-state index in [0.717, 1.165) is 29.4 Å². The van der Waals surface area contributed by atoms with Crippen molar-refractivity contribution in [3.63, 3.8) is 0 Å². The highest BCUT2D eigenvalue weighted by molar-refractivity contribution is 7.98. The first kappa shape index (κ1) is 12.4. The van der Waals surface area contributed by atoms with Crippen LogP contribution in [0.3, 0.4) is 0 Å². The molecule has 15 heavy (non-hydrogen) atoms. The third-order valence-electron chi connectivity index (χ3n) is 2.01. The molecule has 0 unspecified atom stereocenters. The van der Waals surface area contributed by atoms with Crippen LogP contribution in [0.5, 0.6) is 0 Å². The number of hydrogen-bond donors (Lipinski definition) is 0. The summed E-state index contributed by atoms with van der Waals surface area (Å²) >= 11 is 7.70. The van der Waals surface area contributed by atoms with Gasteiger partial charge < -0.3 is 0 Å². The number of halogens is 1. The van der Waals surface area contributed by atoms with Crippen LogP contribution in [0.2, 0.25) is 5.02 Å². The Bertz CT molecular complexity index is 315. The molecule has 0 atom stereocenters. The van der Waals surface area contributed by atoms with Crippen LogP contribution in [-0.4, -0.2) is 5.75 Å². The molecule has 0 bridgehead atoms. The molecule has 1 aromatic carbocycles. The summed E-state index contributed by atoms with van der Waals surface area (Å²) in [7, 11) is 0. The molecule has 0 aromatic heterocycles. The average Bonchev–Trinajstić information content (AvgIpc) is 2.26. The topological polar surface area (TPSA) is 23.8 Å². The second-order valence-electron chi connectivity index (χ2n) is 3.29. The van der Waals surface area contributed by atoms with E-state index >= 15 is 0 Å². The summed E-state index contributed by atoms with van der Waals surface area (Å²) in [5, 5.41) is 9.15. The van der Waals surface area contributed by atoms with E-state index in [1.54, 1.807) is 0 Å². The summed E-state index contributed by atoms with van der Waals surface area (Å²) in [4.78, 5) is 0. The quantitative estimate of drug-likeness (QED) is 0.693. The standard InChI is InChI=1S/C12H14ClNS/c13-12-6-4-11(5-7-12)10-15-9-3-1-2-8-14/h4-7H,1-3,9-10H2. The Morgan fingerprint density at radius 1 is 1.20 bits per heavy atom. The number of nitrogens with zero attached hydrogens (tertiary/aromatic N) is 1. The van der Waals surface area contributed by atoms with E-state index in [2.05, 4.69) is 18.2 Å². The van der Waals surface area contributed by atoms with Crippen LogP contribution in [0.1, 0.15) is 24.8 Å². The molecule has 0 saturated heterocycles. The van der Waals surface area contributed by atoms with E-state index in [0.29, 0.717) is 6.42 Å². The first-order chi connectivity index (χ1) is 7.33. The van der Waals surface area contributed by atoms with Gasteiger partial charge in [0, 0.05) is 17.2 Å². The minimum absolute atomic E-state index is 0.682. The van der Waals surface area contributed by atoms with Crippen molar-refractivity contribution < 1.29 is 0 Å². The molecule has 0 saturated carbocycles. The van der Waals surface area contributed by atoms with Gasteiger partial charge in [0.2, 0.25) is 0 Å². The van der Waals surface area contributed by atoms with Crippen molar-refractivity contribution >= 4 is 23.4 Å². The molecule has 80 valence electrons. The predicted octanol–water partition coefficient (Wildman–Crippen LogP) is 4.27. The molecule has 0 fully saturated rings. The van der Waals surface area contributed by atoms with E-state index in [4.69, 9.17) is 16.9 Å². The van der Waals surface area contributed by atoms with Crippen molar-refractivity contribution in [3.05, 3.63) is 34.9 Å². The normalized spacial score (nSPS) is 9.87. The van der Waals surface area contributed by atoms with Crippen LogP contribution < -0.4 is 0 Å². The number of rotatable bonds is 6. The summed E-state index contributed by atoms with van der Waals surface area (Å²) in [6, 6.07) is 10.1. The highest BCUT2D eigenvalue weighted by atomic mass is 35.5. The van der Waals surface area contributed by atoms with Crippen molar-refractivity contribution in [2.24, 2.45) is 0 Å². The Balaban J connectivity index is 2.10. The van der Waals surface area contributed by atoms with Gasteiger partial charge in [0.15, 0.2) is 0 Å². The monoisotopic (exact) mass is 239 g/mol. The summed E-state index contributed by atoms with van der Waals surface area (Å²) < 4.78 is 0. The molecule has 1 rings (SSSR count). The van der Waals surface area contributed by atoms with E-state index in [-0.39, 0.29) is 0 Å². The molecule has 3 heteroatoms. The second kappa shape index (κ2) is 7.62. The minimum Gasteiger partial charge on any atom is -0.198 e. The van der Waals surface area contributed by atoms with E-state index in [1.165, 1.54) is 5.56 Å². The minimum atomic E-state index is 0.682. The van der Waals surface area contributed by atoms with Gasteiger partial charge in [0.25, 0.3) is 0 Å². The number of unbranched alkanes of at least 4 members (excludes halogenated alkanes) is 2. The summed E-state index contributed by atoms with van der Waals surface area (Å²) in [5.74, 6) is 2.16. The maximum Gasteiger partial charge on any atom is 0.0621 e. The van der Waals surface area contributed by atoms with Crippen LogP contribution in [0, 0.1) is 11.3 Å². The molecule has 0 aliphatic heterocycles. The molecule has 1 aromatic rings. The van der Waals surface area contributed by atoms with Crippen molar-refractivity contribution in [1.82, 2.24) is 0 Å². The fourth-order valence-corrected chi connectivity index (χ4v) is 2.29. The fourth-order valence-electron chi connectivity index (χ4n) is 1.18. The average molecular weight is 240 g/mol. The highest BCUT2D eigenvalue weighted by Gasteiger charge is 1.94. The number of benzene rings is 1. The Kier molecular flexibility index (Phi) is 6.31. The zero-order valence-electron chi connectivity index (χ0n) is 8.58. The highest BCUT2D eigenvalue weighted by Crippen LogP contribution is 2.16. The number of thioether (sulfide) groups is 1. The third-order valence-corrected chi connectivity index (χ3v) is 3.38.